The molecule has 0 radical (unpaired) electrons. The average molecular weight is 1420 g/mol. The van der Waals surface area contributed by atoms with Crippen molar-refractivity contribution in [1.29, 1.82) is 0 Å². The summed E-state index contributed by atoms with van der Waals surface area (Å²) in [6.45, 7) is 1.42. The molecule has 11 saturated carbocycles. The van der Waals surface area contributed by atoms with Crippen LogP contribution in [-0.4, -0.2) is 160 Å². The fourth-order valence-corrected chi connectivity index (χ4v) is 20.1. The van der Waals surface area contributed by atoms with Crippen molar-refractivity contribution in [2.75, 3.05) is 0 Å². The Morgan fingerprint density at radius 2 is 0.480 bits per heavy atom. The molecule has 23 atom stereocenters. The first-order valence-electron chi connectivity index (χ1n) is 39.2. The Balaban J connectivity index is 0.607. The number of carbonyl (C=O) groups is 14. The number of primary amides is 1. The van der Waals surface area contributed by atoms with E-state index >= 15 is 0 Å². The summed E-state index contributed by atoms with van der Waals surface area (Å²) in [6.07, 6.45) is 20.5. The van der Waals surface area contributed by atoms with E-state index in [4.69, 9.17) is 5.73 Å². The van der Waals surface area contributed by atoms with Gasteiger partial charge in [-0.05, 0) is 148 Å². The lowest BCUT2D eigenvalue weighted by atomic mass is 9.95. The summed E-state index contributed by atoms with van der Waals surface area (Å²) in [7, 11) is 0. The predicted octanol–water partition coefficient (Wildman–Crippen LogP) is 2.37. The van der Waals surface area contributed by atoms with E-state index in [0.717, 1.165) is 44.9 Å². The highest BCUT2D eigenvalue weighted by Gasteiger charge is 2.48. The number of hydrogen-bond acceptors (Lipinski definition) is 14. The molecule has 102 heavy (non-hydrogen) atoms. The Labute approximate surface area is 597 Å². The zero-order valence-corrected chi connectivity index (χ0v) is 59.5. The van der Waals surface area contributed by atoms with Crippen LogP contribution in [0, 0.1) is 65.1 Å². The molecule has 564 valence electrons. The molecule has 11 aliphatic rings. The number of hydrogen-bond donors (Lipinski definition) is 14. The zero-order valence-electron chi connectivity index (χ0n) is 59.5. The van der Waals surface area contributed by atoms with Crippen LogP contribution in [0.3, 0.4) is 0 Å². The Bertz CT molecular complexity index is 3130. The first-order chi connectivity index (χ1) is 49.1. The number of rotatable bonds is 28. The summed E-state index contributed by atoms with van der Waals surface area (Å²) in [4.78, 5) is 189. The second-order valence-corrected chi connectivity index (χ2v) is 32.2. The molecule has 0 spiro atoms. The van der Waals surface area contributed by atoms with Crippen LogP contribution in [0.1, 0.15) is 238 Å². The largest absolute Gasteiger partial charge is 0.481 e. The Morgan fingerprint density at radius 1 is 0.284 bits per heavy atom. The predicted molar refractivity (Wildman–Crippen MR) is 370 cm³/mol. The minimum absolute atomic E-state index is 0.0142. The molecule has 11 aliphatic carbocycles. The number of amides is 13. The number of nitrogens with one attached hydrogen (secondary N) is 12. The van der Waals surface area contributed by atoms with E-state index in [-0.39, 0.29) is 102 Å². The number of carboxylic acid groups (broad SMARTS) is 1. The molecule has 11 rings (SSSR count). The van der Waals surface area contributed by atoms with Crippen LogP contribution in [0.4, 0.5) is 0 Å². The molecule has 0 unspecified atom stereocenters. The summed E-state index contributed by atoms with van der Waals surface area (Å²) in [5.41, 5.74) is 5.61. The van der Waals surface area contributed by atoms with E-state index in [1.807, 2.05) is 0 Å². The summed E-state index contributed by atoms with van der Waals surface area (Å²) < 4.78 is 0. The molecule has 0 heterocycles. The fourth-order valence-electron chi connectivity index (χ4n) is 20.1. The molecule has 0 bridgehead atoms. The van der Waals surface area contributed by atoms with Gasteiger partial charge in [-0.15, -0.1) is 0 Å². The fraction of sp³-hybridized carbons (Fsp3) is 0.811. The number of aliphatic carboxylic acids is 1. The van der Waals surface area contributed by atoms with Crippen LogP contribution >= 0.6 is 0 Å². The van der Waals surface area contributed by atoms with Gasteiger partial charge in [-0.2, -0.15) is 0 Å². The van der Waals surface area contributed by atoms with E-state index in [1.54, 1.807) is 0 Å². The standard InChI is InChI=1S/C74H113N13O15/c1-38(88)76-52-25-3-14-41(52)66(94)80-54-27-5-16-43(54)65(93)77-39(35-36-63(90)91)37-62(89)78-53-26-4-15-42(53)67(95)81-56-29-7-18-45(56)69(97)83-58-31-9-20-47(58)71(99)85-60-33-11-22-49(60)73(101)87-61-34-12-23-50(61)74(102)86-59-32-10-21-48(59)72(100)84-57-30-8-19-46(57)70(98)82-55-28-6-17-44(55)68(96)79-51-24-2-13-40(51)64(75)92/h39-61H,2-37H2,1H3,(H2,75,92)(H,76,88)(H,77,93)(H,78,89)(H,79,96)(H,80,94)(H,81,95)(H,82,98)(H,83,97)(H,84,100)(H,85,99)(H,86,102)(H,87,101)(H,90,91)/t39-,40-,41-,42-,43-,44-,45-,46-,47-,48-,49-,50-,51-,52-,53-,54-,55-,56-,57-,58-,59-,60-,61-/m0/s1. The highest BCUT2D eigenvalue weighted by atomic mass is 16.4. The van der Waals surface area contributed by atoms with Gasteiger partial charge in [0, 0.05) is 92.3 Å². The van der Waals surface area contributed by atoms with Crippen molar-refractivity contribution in [2.45, 2.75) is 311 Å². The van der Waals surface area contributed by atoms with Crippen molar-refractivity contribution < 1.29 is 72.2 Å². The van der Waals surface area contributed by atoms with Gasteiger partial charge in [-0.25, -0.2) is 0 Å². The van der Waals surface area contributed by atoms with Gasteiger partial charge >= 0.3 is 5.97 Å². The third kappa shape index (κ3) is 18.7. The van der Waals surface area contributed by atoms with Crippen LogP contribution in [0.2, 0.25) is 0 Å². The molecule has 28 heteroatoms. The first kappa shape index (κ1) is 75.7. The van der Waals surface area contributed by atoms with Crippen LogP contribution < -0.4 is 69.5 Å². The van der Waals surface area contributed by atoms with E-state index in [2.05, 4.69) is 63.8 Å². The molecule has 15 N–H and O–H groups in total. The van der Waals surface area contributed by atoms with Gasteiger partial charge in [0.05, 0.1) is 65.1 Å². The van der Waals surface area contributed by atoms with Crippen LogP contribution in [0.15, 0.2) is 0 Å². The molecule has 13 amide bonds. The number of nitrogens with two attached hydrogens (primary N) is 1. The average Bonchev–Trinajstić information content (AvgIpc) is 1.68. The second-order valence-electron chi connectivity index (χ2n) is 32.2. The molecule has 28 nitrogen and oxygen atoms in total. The van der Waals surface area contributed by atoms with Gasteiger partial charge in [0.15, 0.2) is 0 Å². The normalized spacial score (nSPS) is 35.7. The highest BCUT2D eigenvalue weighted by molar-refractivity contribution is 5.90. The number of carboxylic acids is 1. The molecule has 0 saturated heterocycles. The van der Waals surface area contributed by atoms with Gasteiger partial charge in [0.25, 0.3) is 0 Å². The third-order valence-corrected chi connectivity index (χ3v) is 25.6. The SMILES string of the molecule is CC(=O)N[C@H]1CCC[C@@H]1C(=O)N[C@H]1CCC[C@@H]1C(=O)N[C@@H](CCC(=O)O)CC(=O)N[C@H]1CCC[C@@H]1C(=O)N[C@H]1CCC[C@@H]1C(=O)N[C@H]1CCC[C@@H]1C(=O)N[C@H]1CCC[C@@H]1C(=O)N[C@H]1CCC[C@@H]1C(=O)N[C@H]1CCC[C@@H]1C(=O)N[C@H]1CCC[C@@H]1C(=O)N[C@H]1CCC[C@@H]1C(=O)N[C@H]1CCC[C@@H]1C(N)=O. The van der Waals surface area contributed by atoms with E-state index < -0.39 is 137 Å². The van der Waals surface area contributed by atoms with Crippen molar-refractivity contribution in [3.8, 4) is 0 Å². The molecule has 0 aromatic rings. The topological polar surface area (TPSA) is 430 Å². The lowest BCUT2D eigenvalue weighted by Crippen LogP contribution is -2.54. The summed E-state index contributed by atoms with van der Waals surface area (Å²) in [5, 5.41) is 46.7. The first-order valence-corrected chi connectivity index (χ1v) is 39.2. The quantitative estimate of drug-likeness (QED) is 0.0535. The highest BCUT2D eigenvalue weighted by Crippen LogP contribution is 2.38. The van der Waals surface area contributed by atoms with Gasteiger partial charge < -0.3 is 74.6 Å². The lowest BCUT2D eigenvalue weighted by molar-refractivity contribution is -0.138. The van der Waals surface area contributed by atoms with Crippen molar-refractivity contribution in [3.05, 3.63) is 0 Å². The van der Waals surface area contributed by atoms with Crippen molar-refractivity contribution >= 4 is 82.8 Å². The van der Waals surface area contributed by atoms with Crippen LogP contribution in [0.25, 0.3) is 0 Å². The molecular weight excluding hydrogens is 1310 g/mol. The Morgan fingerprint density at radius 3 is 0.696 bits per heavy atom. The van der Waals surface area contributed by atoms with Crippen molar-refractivity contribution in [1.82, 2.24) is 63.8 Å². The van der Waals surface area contributed by atoms with Gasteiger partial charge in [0.1, 0.15) is 0 Å². The molecule has 0 aliphatic heterocycles. The van der Waals surface area contributed by atoms with Crippen LogP contribution in [-0.2, 0) is 67.1 Å². The molecule has 11 fully saturated rings. The van der Waals surface area contributed by atoms with Gasteiger partial charge in [-0.1, -0.05) is 70.6 Å². The lowest BCUT2D eigenvalue weighted by Gasteiger charge is -2.29. The summed E-state index contributed by atoms with van der Waals surface area (Å²) in [5.74, 6) is -9.96. The molecule has 0 aromatic carbocycles. The minimum atomic E-state index is -1.09. The van der Waals surface area contributed by atoms with E-state index in [9.17, 15) is 72.2 Å². The van der Waals surface area contributed by atoms with Crippen LogP contribution in [0.5, 0.6) is 0 Å². The van der Waals surface area contributed by atoms with Gasteiger partial charge in [-0.3, -0.25) is 67.1 Å². The summed E-state index contributed by atoms with van der Waals surface area (Å²) in [6, 6.07) is -5.35. The molecule has 0 aromatic heterocycles. The Hall–Kier alpha value is -7.42. The molecular formula is C74H113N13O15. The smallest absolute Gasteiger partial charge is 0.303 e. The maximum Gasteiger partial charge on any atom is 0.303 e. The second kappa shape index (κ2) is 34.9. The maximum atomic E-state index is 14.2. The van der Waals surface area contributed by atoms with Crippen molar-refractivity contribution in [3.63, 3.8) is 0 Å². The van der Waals surface area contributed by atoms with E-state index in [0.29, 0.717) is 167 Å². The maximum absolute atomic E-state index is 14.2. The third-order valence-electron chi connectivity index (χ3n) is 25.6. The summed E-state index contributed by atoms with van der Waals surface area (Å²) >= 11 is 0. The van der Waals surface area contributed by atoms with Crippen molar-refractivity contribution in [2.24, 2.45) is 70.8 Å². The van der Waals surface area contributed by atoms with E-state index in [1.165, 1.54) is 6.92 Å². The zero-order chi connectivity index (χ0) is 72.3. The Kier molecular flexibility index (Phi) is 25.9. The minimum Gasteiger partial charge on any atom is -0.481 e. The monoisotopic (exact) mass is 1420 g/mol. The van der Waals surface area contributed by atoms with Gasteiger partial charge in [0.2, 0.25) is 76.8 Å². The number of carbonyl (C=O) groups excluding carboxylic acids is 13.